The molecule has 0 saturated heterocycles. The van der Waals surface area contributed by atoms with Crippen LogP contribution in [0.5, 0.6) is 5.75 Å². The second kappa shape index (κ2) is 6.47. The SMILES string of the molecule is COc1ccc(NC(=O)N(C)CC(C)(C)C)c(C(=O)O)c1. The van der Waals surface area contributed by atoms with Crippen LogP contribution in [0.15, 0.2) is 18.2 Å². The van der Waals surface area contributed by atoms with Crippen molar-refractivity contribution in [2.45, 2.75) is 20.8 Å². The number of urea groups is 1. The number of methoxy groups -OCH3 is 1. The molecule has 0 aromatic heterocycles. The predicted octanol–water partition coefficient (Wildman–Crippen LogP) is 2.90. The Morgan fingerprint density at radius 1 is 1.33 bits per heavy atom. The first-order valence-corrected chi connectivity index (χ1v) is 6.57. The van der Waals surface area contributed by atoms with Crippen LogP contribution in [-0.4, -0.2) is 42.7 Å². The zero-order chi connectivity index (χ0) is 16.2. The molecule has 21 heavy (non-hydrogen) atoms. The molecule has 0 aliphatic heterocycles. The molecule has 0 radical (unpaired) electrons. The van der Waals surface area contributed by atoms with E-state index < -0.39 is 5.97 Å². The Morgan fingerprint density at radius 3 is 2.43 bits per heavy atom. The van der Waals surface area contributed by atoms with Crippen molar-refractivity contribution in [3.63, 3.8) is 0 Å². The van der Waals surface area contributed by atoms with Crippen LogP contribution in [0.1, 0.15) is 31.1 Å². The van der Waals surface area contributed by atoms with Crippen LogP contribution in [0, 0.1) is 5.41 Å². The van der Waals surface area contributed by atoms with Crippen LogP contribution in [-0.2, 0) is 0 Å². The van der Waals surface area contributed by atoms with E-state index in [0.29, 0.717) is 12.3 Å². The third-order valence-corrected chi connectivity index (χ3v) is 2.76. The van der Waals surface area contributed by atoms with Gasteiger partial charge in [-0.2, -0.15) is 0 Å². The summed E-state index contributed by atoms with van der Waals surface area (Å²) in [4.78, 5) is 24.9. The molecule has 2 amide bonds. The van der Waals surface area contributed by atoms with Crippen molar-refractivity contribution in [1.29, 1.82) is 0 Å². The summed E-state index contributed by atoms with van der Waals surface area (Å²) in [5.74, 6) is -0.698. The van der Waals surface area contributed by atoms with Crippen LogP contribution in [0.25, 0.3) is 0 Å². The number of hydrogen-bond acceptors (Lipinski definition) is 3. The zero-order valence-electron chi connectivity index (χ0n) is 13.1. The van der Waals surface area contributed by atoms with Crippen molar-refractivity contribution >= 4 is 17.7 Å². The maximum absolute atomic E-state index is 12.1. The number of nitrogens with zero attached hydrogens (tertiary/aromatic N) is 1. The Kier molecular flexibility index (Phi) is 5.18. The van der Waals surface area contributed by atoms with Crippen molar-refractivity contribution in [3.8, 4) is 5.75 Å². The van der Waals surface area contributed by atoms with Gasteiger partial charge in [0.05, 0.1) is 18.4 Å². The smallest absolute Gasteiger partial charge is 0.337 e. The Hall–Kier alpha value is -2.24. The fourth-order valence-corrected chi connectivity index (χ4v) is 1.93. The molecule has 6 heteroatoms. The predicted molar refractivity (Wildman–Crippen MR) is 81.1 cm³/mol. The molecular formula is C15H22N2O4. The Morgan fingerprint density at radius 2 is 1.95 bits per heavy atom. The van der Waals surface area contributed by atoms with E-state index in [0.717, 1.165) is 0 Å². The van der Waals surface area contributed by atoms with Gasteiger partial charge in [0.2, 0.25) is 0 Å². The molecule has 0 heterocycles. The first-order chi connectivity index (χ1) is 9.64. The number of rotatable bonds is 4. The quantitative estimate of drug-likeness (QED) is 0.895. The monoisotopic (exact) mass is 294 g/mol. The molecule has 0 bridgehead atoms. The van der Waals surface area contributed by atoms with E-state index in [1.165, 1.54) is 24.1 Å². The molecule has 0 atom stereocenters. The highest BCUT2D eigenvalue weighted by Gasteiger charge is 2.19. The van der Waals surface area contributed by atoms with Gasteiger partial charge in [0.15, 0.2) is 0 Å². The highest BCUT2D eigenvalue weighted by atomic mass is 16.5. The standard InChI is InChI=1S/C15H22N2O4/c1-15(2,3)9-17(4)14(20)16-12-7-6-10(21-5)8-11(12)13(18)19/h6-8H,9H2,1-5H3,(H,16,20)(H,18,19). The summed E-state index contributed by atoms with van der Waals surface area (Å²) in [6.07, 6.45) is 0. The number of amides is 2. The largest absolute Gasteiger partial charge is 0.497 e. The maximum atomic E-state index is 12.1. The summed E-state index contributed by atoms with van der Waals surface area (Å²) in [5.41, 5.74) is 0.197. The van der Waals surface area contributed by atoms with Crippen LogP contribution in [0.4, 0.5) is 10.5 Å². The number of nitrogens with one attached hydrogen (secondary N) is 1. The highest BCUT2D eigenvalue weighted by molar-refractivity contribution is 6.00. The molecule has 0 aliphatic rings. The van der Waals surface area contributed by atoms with Gasteiger partial charge < -0.3 is 20.1 Å². The molecule has 0 fully saturated rings. The Labute approximate surface area is 124 Å². The second-order valence-electron chi connectivity index (χ2n) is 6.06. The van der Waals surface area contributed by atoms with E-state index in [-0.39, 0.29) is 22.7 Å². The Balaban J connectivity index is 2.92. The summed E-state index contributed by atoms with van der Waals surface area (Å²) in [5, 5.41) is 11.8. The van der Waals surface area contributed by atoms with Gasteiger partial charge in [0, 0.05) is 13.6 Å². The fraction of sp³-hybridized carbons (Fsp3) is 0.467. The average molecular weight is 294 g/mol. The zero-order valence-corrected chi connectivity index (χ0v) is 13.1. The molecule has 0 aliphatic carbocycles. The van der Waals surface area contributed by atoms with Gasteiger partial charge in [0.1, 0.15) is 5.75 Å². The van der Waals surface area contributed by atoms with Gasteiger partial charge in [-0.1, -0.05) is 20.8 Å². The van der Waals surface area contributed by atoms with Gasteiger partial charge in [-0.15, -0.1) is 0 Å². The second-order valence-corrected chi connectivity index (χ2v) is 6.06. The molecule has 0 saturated carbocycles. The minimum atomic E-state index is -1.12. The van der Waals surface area contributed by atoms with Gasteiger partial charge in [-0.05, 0) is 23.6 Å². The van der Waals surface area contributed by atoms with E-state index in [4.69, 9.17) is 4.74 Å². The van der Waals surface area contributed by atoms with E-state index in [1.807, 2.05) is 20.8 Å². The van der Waals surface area contributed by atoms with Crippen molar-refractivity contribution in [3.05, 3.63) is 23.8 Å². The van der Waals surface area contributed by atoms with Crippen molar-refractivity contribution < 1.29 is 19.4 Å². The number of ether oxygens (including phenoxy) is 1. The van der Waals surface area contributed by atoms with Crippen LogP contribution in [0.3, 0.4) is 0 Å². The third-order valence-electron chi connectivity index (χ3n) is 2.76. The van der Waals surface area contributed by atoms with Gasteiger partial charge in [-0.3, -0.25) is 0 Å². The number of anilines is 1. The van der Waals surface area contributed by atoms with Crippen molar-refractivity contribution in [2.75, 3.05) is 26.0 Å². The molecule has 1 rings (SSSR count). The summed E-state index contributed by atoms with van der Waals surface area (Å²) < 4.78 is 4.99. The van der Waals surface area contributed by atoms with Crippen molar-refractivity contribution in [2.24, 2.45) is 5.41 Å². The number of carboxylic acids is 1. The lowest BCUT2D eigenvalue weighted by atomic mass is 9.96. The molecule has 0 unspecified atom stereocenters. The van der Waals surface area contributed by atoms with Crippen LogP contribution < -0.4 is 10.1 Å². The number of aromatic carboxylic acids is 1. The lowest BCUT2D eigenvalue weighted by molar-refractivity contribution is 0.0697. The highest BCUT2D eigenvalue weighted by Crippen LogP contribution is 2.23. The lowest BCUT2D eigenvalue weighted by Gasteiger charge is -2.27. The normalized spacial score (nSPS) is 10.9. The number of carbonyl (C=O) groups excluding carboxylic acids is 1. The first-order valence-electron chi connectivity index (χ1n) is 6.57. The summed E-state index contributed by atoms with van der Waals surface area (Å²) in [6.45, 7) is 6.61. The van der Waals surface area contributed by atoms with Gasteiger partial charge >= 0.3 is 12.0 Å². The number of carboxylic acid groups (broad SMARTS) is 1. The van der Waals surface area contributed by atoms with E-state index in [1.54, 1.807) is 13.1 Å². The van der Waals surface area contributed by atoms with Gasteiger partial charge in [-0.25, -0.2) is 9.59 Å². The molecule has 6 nitrogen and oxygen atoms in total. The minimum absolute atomic E-state index is 0.00754. The van der Waals surface area contributed by atoms with Crippen molar-refractivity contribution in [1.82, 2.24) is 4.90 Å². The topological polar surface area (TPSA) is 78.9 Å². The van der Waals surface area contributed by atoms with Gasteiger partial charge in [0.25, 0.3) is 0 Å². The minimum Gasteiger partial charge on any atom is -0.497 e. The van der Waals surface area contributed by atoms with Crippen LogP contribution in [0.2, 0.25) is 0 Å². The summed E-state index contributed by atoms with van der Waals surface area (Å²) in [6, 6.07) is 4.15. The fourth-order valence-electron chi connectivity index (χ4n) is 1.93. The first kappa shape index (κ1) is 16.8. The average Bonchev–Trinajstić information content (AvgIpc) is 2.36. The van der Waals surface area contributed by atoms with E-state index in [2.05, 4.69) is 5.32 Å². The van der Waals surface area contributed by atoms with E-state index >= 15 is 0 Å². The third kappa shape index (κ3) is 4.98. The number of benzene rings is 1. The molecule has 1 aromatic carbocycles. The molecule has 1 aromatic rings. The molecular weight excluding hydrogens is 272 g/mol. The van der Waals surface area contributed by atoms with Crippen LogP contribution >= 0.6 is 0 Å². The number of carbonyl (C=O) groups is 2. The van der Waals surface area contributed by atoms with E-state index in [9.17, 15) is 14.7 Å². The molecule has 0 spiro atoms. The lowest BCUT2D eigenvalue weighted by Crippen LogP contribution is -2.37. The number of hydrogen-bond donors (Lipinski definition) is 2. The Bertz CT molecular complexity index is 535. The maximum Gasteiger partial charge on any atom is 0.337 e. The summed E-state index contributed by atoms with van der Waals surface area (Å²) >= 11 is 0. The summed E-state index contributed by atoms with van der Waals surface area (Å²) in [7, 11) is 3.13. The molecule has 116 valence electrons. The molecule has 2 N–H and O–H groups in total.